The Morgan fingerprint density at radius 3 is 2.26 bits per heavy atom. The number of hydrogen-bond acceptors (Lipinski definition) is 3. The maximum atomic E-state index is 11.9. The highest BCUT2D eigenvalue weighted by molar-refractivity contribution is 5.40. The molecule has 0 heterocycles. The smallest absolute Gasteiger partial charge is 0.244 e. The molecule has 2 rings (SSSR count). The van der Waals surface area contributed by atoms with Crippen molar-refractivity contribution in [1.29, 1.82) is 0 Å². The SMILES string of the molecule is CCOc1ccc(N=[N+]([O-])c2ccc(C)cc2)cc1. The van der Waals surface area contributed by atoms with Gasteiger partial charge in [-0.25, -0.2) is 0 Å². The maximum absolute atomic E-state index is 11.9. The third-order valence-electron chi connectivity index (χ3n) is 2.61. The fraction of sp³-hybridized carbons (Fsp3) is 0.200. The molecule has 2 aromatic carbocycles. The number of ether oxygens (including phenoxy) is 1. The van der Waals surface area contributed by atoms with Crippen molar-refractivity contribution < 1.29 is 9.60 Å². The Hall–Kier alpha value is -2.36. The molecule has 0 aliphatic heterocycles. The van der Waals surface area contributed by atoms with Gasteiger partial charge < -0.3 is 9.94 Å². The van der Waals surface area contributed by atoms with Gasteiger partial charge in [0, 0.05) is 17.2 Å². The van der Waals surface area contributed by atoms with Crippen LogP contribution in [0.3, 0.4) is 0 Å². The molecule has 0 fully saturated rings. The molecule has 4 nitrogen and oxygen atoms in total. The van der Waals surface area contributed by atoms with Gasteiger partial charge in [0.2, 0.25) is 5.69 Å². The lowest BCUT2D eigenvalue weighted by Crippen LogP contribution is -1.91. The molecular weight excluding hydrogens is 240 g/mol. The van der Waals surface area contributed by atoms with E-state index in [-0.39, 0.29) is 0 Å². The minimum atomic E-state index is 0.513. The first-order valence-electron chi connectivity index (χ1n) is 6.17. The van der Waals surface area contributed by atoms with Crippen molar-refractivity contribution in [2.75, 3.05) is 6.61 Å². The number of azo groups is 1. The lowest BCUT2D eigenvalue weighted by molar-refractivity contribution is -0.435. The van der Waals surface area contributed by atoms with Crippen LogP contribution in [0.25, 0.3) is 0 Å². The van der Waals surface area contributed by atoms with Gasteiger partial charge in [-0.2, -0.15) is 0 Å². The number of hydrogen-bond donors (Lipinski definition) is 0. The Morgan fingerprint density at radius 1 is 1.05 bits per heavy atom. The van der Waals surface area contributed by atoms with Gasteiger partial charge in [-0.15, -0.1) is 0 Å². The third-order valence-corrected chi connectivity index (χ3v) is 2.61. The van der Waals surface area contributed by atoms with Crippen LogP contribution in [0.5, 0.6) is 5.75 Å². The zero-order valence-electron chi connectivity index (χ0n) is 11.0. The molecule has 0 unspecified atom stereocenters. The van der Waals surface area contributed by atoms with Crippen LogP contribution in [0, 0.1) is 12.1 Å². The fourth-order valence-corrected chi connectivity index (χ4v) is 1.61. The Bertz CT molecular complexity index is 560. The summed E-state index contributed by atoms with van der Waals surface area (Å²) < 4.78 is 5.33. The molecule has 2 aromatic rings. The van der Waals surface area contributed by atoms with Crippen LogP contribution in [-0.2, 0) is 0 Å². The van der Waals surface area contributed by atoms with Crippen LogP contribution in [0.15, 0.2) is 53.6 Å². The van der Waals surface area contributed by atoms with E-state index < -0.39 is 0 Å². The number of aryl methyl sites for hydroxylation is 1. The van der Waals surface area contributed by atoms with Crippen molar-refractivity contribution in [1.82, 2.24) is 0 Å². The summed E-state index contributed by atoms with van der Waals surface area (Å²) in [5, 5.41) is 15.8. The van der Waals surface area contributed by atoms with E-state index in [1.54, 1.807) is 36.4 Å². The van der Waals surface area contributed by atoms with Crippen LogP contribution in [0.2, 0.25) is 0 Å². The molecular formula is C15H16N2O2. The first-order chi connectivity index (χ1) is 9.19. The van der Waals surface area contributed by atoms with E-state index in [0.29, 0.717) is 22.8 Å². The van der Waals surface area contributed by atoms with Gasteiger partial charge in [0.15, 0.2) is 0 Å². The van der Waals surface area contributed by atoms with Crippen molar-refractivity contribution in [2.45, 2.75) is 13.8 Å². The first kappa shape index (κ1) is 13.1. The second kappa shape index (κ2) is 6.00. The van der Waals surface area contributed by atoms with Crippen molar-refractivity contribution in [3.05, 3.63) is 59.3 Å². The minimum Gasteiger partial charge on any atom is -0.594 e. The van der Waals surface area contributed by atoms with Gasteiger partial charge in [-0.05, 0) is 38.1 Å². The molecule has 0 N–H and O–H groups in total. The quantitative estimate of drug-likeness (QED) is 0.464. The fourth-order valence-electron chi connectivity index (χ4n) is 1.61. The Labute approximate surface area is 112 Å². The molecule has 0 amide bonds. The zero-order chi connectivity index (χ0) is 13.7. The standard InChI is InChI=1S/C15H16N2O2/c1-3-19-15-10-6-13(7-11-15)16-17(18)14-8-4-12(2)5-9-14/h4-11H,3H2,1-2H3. The molecule has 0 saturated heterocycles. The van der Waals surface area contributed by atoms with Crippen molar-refractivity contribution in [3.63, 3.8) is 0 Å². The summed E-state index contributed by atoms with van der Waals surface area (Å²) in [5.41, 5.74) is 2.22. The predicted octanol–water partition coefficient (Wildman–Crippen LogP) is 4.32. The lowest BCUT2D eigenvalue weighted by atomic mass is 10.2. The normalized spacial score (nSPS) is 11.4. The highest BCUT2D eigenvalue weighted by Crippen LogP contribution is 2.21. The van der Waals surface area contributed by atoms with Gasteiger partial charge in [-0.1, -0.05) is 22.6 Å². The van der Waals surface area contributed by atoms with Crippen LogP contribution in [0.4, 0.5) is 11.4 Å². The molecule has 0 saturated carbocycles. The number of benzene rings is 2. The number of nitrogens with zero attached hydrogens (tertiary/aromatic N) is 2. The van der Waals surface area contributed by atoms with E-state index in [0.717, 1.165) is 11.3 Å². The number of rotatable bonds is 4. The highest BCUT2D eigenvalue weighted by atomic mass is 16.5. The summed E-state index contributed by atoms with van der Waals surface area (Å²) in [6, 6.07) is 14.4. The molecule has 0 aliphatic rings. The molecule has 4 heteroatoms. The van der Waals surface area contributed by atoms with Gasteiger partial charge in [-0.3, -0.25) is 0 Å². The van der Waals surface area contributed by atoms with Gasteiger partial charge in [0.25, 0.3) is 0 Å². The second-order valence-corrected chi connectivity index (χ2v) is 4.14. The average molecular weight is 256 g/mol. The van der Waals surface area contributed by atoms with Crippen molar-refractivity contribution in [2.24, 2.45) is 5.11 Å². The molecule has 0 spiro atoms. The van der Waals surface area contributed by atoms with E-state index in [1.165, 1.54) is 0 Å². The first-order valence-corrected chi connectivity index (χ1v) is 6.17. The molecule has 0 radical (unpaired) electrons. The molecule has 0 aliphatic carbocycles. The third kappa shape index (κ3) is 3.55. The maximum Gasteiger partial charge on any atom is 0.244 e. The molecule has 19 heavy (non-hydrogen) atoms. The van der Waals surface area contributed by atoms with Crippen LogP contribution in [-0.4, -0.2) is 11.5 Å². The van der Waals surface area contributed by atoms with E-state index in [2.05, 4.69) is 5.11 Å². The van der Waals surface area contributed by atoms with E-state index in [9.17, 15) is 5.21 Å². The minimum absolute atomic E-state index is 0.513. The summed E-state index contributed by atoms with van der Waals surface area (Å²) in [6.07, 6.45) is 0. The van der Waals surface area contributed by atoms with E-state index >= 15 is 0 Å². The topological polar surface area (TPSA) is 47.7 Å². The van der Waals surface area contributed by atoms with Crippen LogP contribution in [0.1, 0.15) is 12.5 Å². The van der Waals surface area contributed by atoms with Crippen LogP contribution < -0.4 is 4.74 Å². The summed E-state index contributed by atoms with van der Waals surface area (Å²) in [6.45, 7) is 4.52. The van der Waals surface area contributed by atoms with Gasteiger partial charge in [0.05, 0.1) is 6.61 Å². The summed E-state index contributed by atoms with van der Waals surface area (Å²) in [5.74, 6) is 0.772. The van der Waals surface area contributed by atoms with E-state index in [4.69, 9.17) is 4.74 Å². The average Bonchev–Trinajstić information content (AvgIpc) is 2.42. The lowest BCUT2D eigenvalue weighted by Gasteiger charge is -2.02. The summed E-state index contributed by atoms with van der Waals surface area (Å²) in [7, 11) is 0. The molecule has 0 bridgehead atoms. The Kier molecular flexibility index (Phi) is 4.13. The highest BCUT2D eigenvalue weighted by Gasteiger charge is 2.03. The largest absolute Gasteiger partial charge is 0.594 e. The Morgan fingerprint density at radius 2 is 1.68 bits per heavy atom. The second-order valence-electron chi connectivity index (χ2n) is 4.14. The van der Waals surface area contributed by atoms with Crippen molar-refractivity contribution >= 4 is 11.4 Å². The monoisotopic (exact) mass is 256 g/mol. The summed E-state index contributed by atoms with van der Waals surface area (Å²) in [4.78, 5) is 0.620. The molecule has 98 valence electrons. The molecule has 0 atom stereocenters. The van der Waals surface area contributed by atoms with Gasteiger partial charge >= 0.3 is 0 Å². The van der Waals surface area contributed by atoms with E-state index in [1.807, 2.05) is 26.0 Å². The molecule has 0 aromatic heterocycles. The van der Waals surface area contributed by atoms with Crippen LogP contribution >= 0.6 is 0 Å². The van der Waals surface area contributed by atoms with Crippen molar-refractivity contribution in [3.8, 4) is 5.75 Å². The van der Waals surface area contributed by atoms with Gasteiger partial charge in [0.1, 0.15) is 11.4 Å². The zero-order valence-corrected chi connectivity index (χ0v) is 11.0. The summed E-state index contributed by atoms with van der Waals surface area (Å²) >= 11 is 0. The Balaban J connectivity index is 2.17. The predicted molar refractivity (Wildman–Crippen MR) is 74.2 cm³/mol.